The van der Waals surface area contributed by atoms with E-state index in [0.29, 0.717) is 16.8 Å². The molecule has 0 radical (unpaired) electrons. The van der Waals surface area contributed by atoms with Crippen molar-refractivity contribution < 1.29 is 9.18 Å². The summed E-state index contributed by atoms with van der Waals surface area (Å²) >= 11 is 3.06. The van der Waals surface area contributed by atoms with Crippen molar-refractivity contribution in [3.8, 4) is 0 Å². The Balaban J connectivity index is 2.47. The fourth-order valence-electron chi connectivity index (χ4n) is 1.66. The minimum atomic E-state index is -0.399. The Bertz CT molecular complexity index is 625. The predicted molar refractivity (Wildman–Crippen MR) is 73.1 cm³/mol. The average molecular weight is 308 g/mol. The SMILES string of the molecule is Cc1ccc(N)c(C(=O)c2ccc(F)c(Br)c2)c1. The molecule has 92 valence electrons. The highest BCUT2D eigenvalue weighted by Crippen LogP contribution is 2.22. The monoisotopic (exact) mass is 307 g/mol. The van der Waals surface area contributed by atoms with Crippen LogP contribution in [0.15, 0.2) is 40.9 Å². The first-order chi connectivity index (χ1) is 8.49. The van der Waals surface area contributed by atoms with Gasteiger partial charge in [-0.2, -0.15) is 0 Å². The van der Waals surface area contributed by atoms with Crippen LogP contribution in [0.5, 0.6) is 0 Å². The zero-order valence-electron chi connectivity index (χ0n) is 9.71. The third-order valence-corrected chi connectivity index (χ3v) is 3.24. The van der Waals surface area contributed by atoms with Crippen LogP contribution in [0.3, 0.4) is 0 Å². The second kappa shape index (κ2) is 4.90. The Morgan fingerprint density at radius 3 is 2.61 bits per heavy atom. The molecule has 0 spiro atoms. The van der Waals surface area contributed by atoms with Gasteiger partial charge in [-0.15, -0.1) is 0 Å². The van der Waals surface area contributed by atoms with Crippen molar-refractivity contribution in [3.05, 3.63) is 63.4 Å². The molecule has 18 heavy (non-hydrogen) atoms. The van der Waals surface area contributed by atoms with Gasteiger partial charge in [0.05, 0.1) is 4.47 Å². The van der Waals surface area contributed by atoms with E-state index in [-0.39, 0.29) is 10.3 Å². The van der Waals surface area contributed by atoms with Gasteiger partial charge in [-0.1, -0.05) is 11.6 Å². The molecule has 0 aliphatic carbocycles. The molecule has 0 heterocycles. The molecule has 2 nitrogen and oxygen atoms in total. The number of hydrogen-bond acceptors (Lipinski definition) is 2. The van der Waals surface area contributed by atoms with Gasteiger partial charge in [0.15, 0.2) is 5.78 Å². The standard InChI is InChI=1S/C14H11BrFNO/c1-8-2-5-13(17)10(6-8)14(18)9-3-4-12(16)11(15)7-9/h2-7H,17H2,1H3. The molecule has 0 saturated carbocycles. The molecule has 2 rings (SSSR count). The van der Waals surface area contributed by atoms with E-state index in [9.17, 15) is 9.18 Å². The molecule has 0 fully saturated rings. The zero-order valence-corrected chi connectivity index (χ0v) is 11.3. The van der Waals surface area contributed by atoms with E-state index in [1.165, 1.54) is 18.2 Å². The fourth-order valence-corrected chi connectivity index (χ4v) is 2.04. The highest BCUT2D eigenvalue weighted by molar-refractivity contribution is 9.10. The molecule has 4 heteroatoms. The lowest BCUT2D eigenvalue weighted by Crippen LogP contribution is -2.06. The molecule has 2 N–H and O–H groups in total. The van der Waals surface area contributed by atoms with Gasteiger partial charge in [0.2, 0.25) is 0 Å². The highest BCUT2D eigenvalue weighted by Gasteiger charge is 2.14. The summed E-state index contributed by atoms with van der Waals surface area (Å²) in [7, 11) is 0. The van der Waals surface area contributed by atoms with Gasteiger partial charge in [0, 0.05) is 16.8 Å². The molecular weight excluding hydrogens is 297 g/mol. The molecule has 0 unspecified atom stereocenters. The Morgan fingerprint density at radius 1 is 1.22 bits per heavy atom. The summed E-state index contributed by atoms with van der Waals surface area (Å²) in [5.74, 6) is -0.610. The smallest absolute Gasteiger partial charge is 0.195 e. The van der Waals surface area contributed by atoms with Gasteiger partial charge in [-0.25, -0.2) is 4.39 Å². The molecule has 0 bridgehead atoms. The zero-order chi connectivity index (χ0) is 13.3. The minimum absolute atomic E-state index is 0.211. The number of nitrogens with two attached hydrogens (primary N) is 1. The van der Waals surface area contributed by atoms with E-state index in [1.807, 2.05) is 13.0 Å². The summed E-state index contributed by atoms with van der Waals surface area (Å²) in [5.41, 5.74) is 8.01. The number of nitrogen functional groups attached to an aromatic ring is 1. The molecule has 0 aliphatic heterocycles. The van der Waals surface area contributed by atoms with Gasteiger partial charge in [0.1, 0.15) is 5.82 Å². The quantitative estimate of drug-likeness (QED) is 0.679. The number of hydrogen-bond donors (Lipinski definition) is 1. The van der Waals surface area contributed by atoms with Crippen LogP contribution < -0.4 is 5.73 Å². The summed E-state index contributed by atoms with van der Waals surface area (Å²) in [6.07, 6.45) is 0. The maximum atomic E-state index is 13.1. The number of anilines is 1. The third-order valence-electron chi connectivity index (χ3n) is 2.64. The molecule has 0 atom stereocenters. The van der Waals surface area contributed by atoms with Gasteiger partial charge < -0.3 is 5.73 Å². The van der Waals surface area contributed by atoms with Gasteiger partial charge in [-0.05, 0) is 53.2 Å². The molecule has 0 aliphatic rings. The Labute approximate surface area is 113 Å². The lowest BCUT2D eigenvalue weighted by Gasteiger charge is -2.06. The van der Waals surface area contributed by atoms with Crippen molar-refractivity contribution in [1.29, 1.82) is 0 Å². The molecule has 0 amide bonds. The highest BCUT2D eigenvalue weighted by atomic mass is 79.9. The van der Waals surface area contributed by atoms with E-state index in [1.54, 1.807) is 12.1 Å². The van der Waals surface area contributed by atoms with Crippen LogP contribution in [0.1, 0.15) is 21.5 Å². The first-order valence-corrected chi connectivity index (χ1v) is 6.14. The summed E-state index contributed by atoms with van der Waals surface area (Å²) in [6.45, 7) is 1.89. The Kier molecular flexibility index (Phi) is 3.48. The van der Waals surface area contributed by atoms with Crippen LogP contribution in [0.2, 0.25) is 0 Å². The number of carbonyl (C=O) groups is 1. The molecule has 2 aromatic rings. The van der Waals surface area contributed by atoms with Gasteiger partial charge in [0.25, 0.3) is 0 Å². The minimum Gasteiger partial charge on any atom is -0.398 e. The lowest BCUT2D eigenvalue weighted by atomic mass is 10.00. The maximum Gasteiger partial charge on any atom is 0.195 e. The van der Waals surface area contributed by atoms with Crippen molar-refractivity contribution >= 4 is 27.4 Å². The molecule has 2 aromatic carbocycles. The van der Waals surface area contributed by atoms with Crippen LogP contribution >= 0.6 is 15.9 Å². The second-order valence-corrected chi connectivity index (χ2v) is 4.90. The maximum absolute atomic E-state index is 13.1. The van der Waals surface area contributed by atoms with E-state index in [0.717, 1.165) is 5.56 Å². The molecule has 0 aromatic heterocycles. The van der Waals surface area contributed by atoms with Crippen molar-refractivity contribution in [3.63, 3.8) is 0 Å². The number of halogens is 2. The predicted octanol–water partition coefficient (Wildman–Crippen LogP) is 3.71. The number of benzene rings is 2. The Morgan fingerprint density at radius 2 is 1.94 bits per heavy atom. The average Bonchev–Trinajstić information content (AvgIpc) is 2.35. The lowest BCUT2D eigenvalue weighted by molar-refractivity contribution is 0.103. The van der Waals surface area contributed by atoms with Crippen LogP contribution in [0.25, 0.3) is 0 Å². The first-order valence-electron chi connectivity index (χ1n) is 5.35. The molecular formula is C14H11BrFNO. The van der Waals surface area contributed by atoms with Crippen LogP contribution in [0.4, 0.5) is 10.1 Å². The topological polar surface area (TPSA) is 43.1 Å². The first kappa shape index (κ1) is 12.8. The summed E-state index contributed by atoms with van der Waals surface area (Å²) < 4.78 is 13.4. The summed E-state index contributed by atoms with van der Waals surface area (Å²) in [4.78, 5) is 12.3. The molecule has 0 saturated heterocycles. The van der Waals surface area contributed by atoms with Crippen LogP contribution in [0, 0.1) is 12.7 Å². The van der Waals surface area contributed by atoms with Crippen molar-refractivity contribution in [2.75, 3.05) is 5.73 Å². The van der Waals surface area contributed by atoms with Crippen LogP contribution in [-0.2, 0) is 0 Å². The Hall–Kier alpha value is -1.68. The van der Waals surface area contributed by atoms with E-state index in [2.05, 4.69) is 15.9 Å². The fraction of sp³-hybridized carbons (Fsp3) is 0.0714. The summed E-state index contributed by atoms with van der Waals surface area (Å²) in [5, 5.41) is 0. The van der Waals surface area contributed by atoms with E-state index in [4.69, 9.17) is 5.73 Å². The number of rotatable bonds is 2. The third kappa shape index (κ3) is 2.43. The van der Waals surface area contributed by atoms with Crippen molar-refractivity contribution in [1.82, 2.24) is 0 Å². The normalized spacial score (nSPS) is 10.4. The number of carbonyl (C=O) groups excluding carboxylic acids is 1. The van der Waals surface area contributed by atoms with Crippen molar-refractivity contribution in [2.24, 2.45) is 0 Å². The van der Waals surface area contributed by atoms with Crippen molar-refractivity contribution in [2.45, 2.75) is 6.92 Å². The van der Waals surface area contributed by atoms with Gasteiger partial charge in [-0.3, -0.25) is 4.79 Å². The van der Waals surface area contributed by atoms with Gasteiger partial charge >= 0.3 is 0 Å². The summed E-state index contributed by atoms with van der Waals surface area (Å²) in [6, 6.07) is 9.43. The van der Waals surface area contributed by atoms with E-state index >= 15 is 0 Å². The van der Waals surface area contributed by atoms with Crippen LogP contribution in [-0.4, -0.2) is 5.78 Å². The van der Waals surface area contributed by atoms with E-state index < -0.39 is 5.82 Å². The number of aryl methyl sites for hydroxylation is 1. The largest absolute Gasteiger partial charge is 0.398 e. The number of ketones is 1. The second-order valence-electron chi connectivity index (χ2n) is 4.05.